The SMILES string of the molecule is C[SiH]1[SiH2][SiH2][SiH2]C([SiH3])[SiH2][SiH]1C. The molecule has 0 aromatic rings. The summed E-state index contributed by atoms with van der Waals surface area (Å²) in [5, 5.41) is 0. The highest BCUT2D eigenvalue weighted by Crippen LogP contribution is 2.01. The van der Waals surface area contributed by atoms with Crippen LogP contribution in [0.5, 0.6) is 0 Å². The normalized spacial score (nSPS) is 52.8. The first kappa shape index (κ1) is 9.61. The third-order valence-electron chi connectivity index (χ3n) is 3.10. The maximum absolute atomic E-state index is 2.77. The maximum atomic E-state index is 2.77. The lowest BCUT2D eigenvalue weighted by Crippen LogP contribution is -2.41. The summed E-state index contributed by atoms with van der Waals surface area (Å²) in [5.41, 5.74) is 0. The van der Waals surface area contributed by atoms with Crippen LogP contribution in [0.3, 0.4) is 0 Å². The molecule has 1 saturated heterocycles. The van der Waals surface area contributed by atoms with Crippen molar-refractivity contribution in [3.8, 4) is 0 Å². The van der Waals surface area contributed by atoms with Crippen LogP contribution in [0.25, 0.3) is 0 Å². The molecule has 0 N–H and O–H groups in total. The van der Waals surface area contributed by atoms with Gasteiger partial charge in [0.2, 0.25) is 0 Å². The Hall–Kier alpha value is 1.52. The molecular weight excluding hydrogens is 233 g/mol. The Bertz CT molecular complexity index is 105. The molecule has 0 spiro atoms. The van der Waals surface area contributed by atoms with Gasteiger partial charge in [-0.2, -0.15) is 0 Å². The topological polar surface area (TPSA) is 0 Å². The second-order valence-corrected chi connectivity index (χ2v) is 58.1. The number of rotatable bonds is 0. The van der Waals surface area contributed by atoms with E-state index in [1.54, 1.807) is 15.0 Å². The largest absolute Gasteiger partial charge is 0.0770 e. The van der Waals surface area contributed by atoms with Crippen LogP contribution >= 0.6 is 0 Å². The lowest BCUT2D eigenvalue weighted by molar-refractivity contribution is 1.87. The lowest BCUT2D eigenvalue weighted by Gasteiger charge is -2.13. The van der Waals surface area contributed by atoms with Crippen LogP contribution < -0.4 is 0 Å². The molecule has 10 heavy (non-hydrogen) atoms. The zero-order chi connectivity index (χ0) is 7.56. The molecule has 0 aliphatic carbocycles. The summed E-state index contributed by atoms with van der Waals surface area (Å²) in [5.74, 6) is 0. The second kappa shape index (κ2) is 4.52. The first-order valence-electron chi connectivity index (χ1n) is 4.70. The molecule has 1 aliphatic heterocycles. The summed E-state index contributed by atoms with van der Waals surface area (Å²) >= 11 is 0. The Morgan fingerprint density at radius 2 is 2.00 bits per heavy atom. The maximum Gasteiger partial charge on any atom is 0.00963 e. The van der Waals surface area contributed by atoms with Gasteiger partial charge in [0, 0.05) is 33.7 Å². The monoisotopic (exact) mass is 252 g/mol. The van der Waals surface area contributed by atoms with Crippen molar-refractivity contribution in [3.63, 3.8) is 0 Å². The van der Waals surface area contributed by atoms with Crippen molar-refractivity contribution in [2.45, 2.75) is 17.9 Å². The van der Waals surface area contributed by atoms with Gasteiger partial charge >= 0.3 is 0 Å². The molecule has 3 atom stereocenters. The molecule has 0 nitrogen and oxygen atoms in total. The molecule has 0 saturated carbocycles. The molecule has 3 unspecified atom stereocenters. The summed E-state index contributed by atoms with van der Waals surface area (Å²) in [6, 6.07) is 0. The van der Waals surface area contributed by atoms with E-state index in [0.717, 1.165) is 26.1 Å². The van der Waals surface area contributed by atoms with E-state index < -0.39 is 0 Å². The zero-order valence-corrected chi connectivity index (χ0v) is 17.5. The second-order valence-electron chi connectivity index (χ2n) is 4.23. The number of hydrogen-bond acceptors (Lipinski definition) is 0. The van der Waals surface area contributed by atoms with E-state index >= 15 is 0 Å². The average molecular weight is 253 g/mol. The van der Waals surface area contributed by atoms with Crippen LogP contribution in [-0.2, 0) is 0 Å². The zero-order valence-electron chi connectivity index (χ0n) is 7.56. The summed E-state index contributed by atoms with van der Waals surface area (Å²) < 4.78 is 0. The van der Waals surface area contributed by atoms with Crippen LogP contribution in [0, 0.1) is 0 Å². The van der Waals surface area contributed by atoms with E-state index in [1.165, 1.54) is 0 Å². The Kier molecular flexibility index (Phi) is 4.34. The summed E-state index contributed by atoms with van der Waals surface area (Å²) in [4.78, 5) is 1.60. The van der Waals surface area contributed by atoms with Gasteiger partial charge in [0.1, 0.15) is 0 Å². The molecule has 1 fully saturated rings. The minimum Gasteiger partial charge on any atom is -0.0770 e. The van der Waals surface area contributed by atoms with Gasteiger partial charge in [-0.25, -0.2) is 0 Å². The highest BCUT2D eigenvalue weighted by Gasteiger charge is 2.22. The van der Waals surface area contributed by atoms with Crippen molar-refractivity contribution in [2.75, 3.05) is 0 Å². The van der Waals surface area contributed by atoms with Crippen LogP contribution in [0.1, 0.15) is 0 Å². The van der Waals surface area contributed by atoms with Crippen molar-refractivity contribution in [1.29, 1.82) is 0 Å². The molecule has 7 heteroatoms. The molecule has 0 aromatic heterocycles. The van der Waals surface area contributed by atoms with Gasteiger partial charge in [0.15, 0.2) is 0 Å². The van der Waals surface area contributed by atoms with E-state index in [-0.39, 0.29) is 15.7 Å². The molecule has 60 valence electrons. The van der Waals surface area contributed by atoms with E-state index in [0.29, 0.717) is 9.04 Å². The van der Waals surface area contributed by atoms with Crippen molar-refractivity contribution in [1.82, 2.24) is 0 Å². The fourth-order valence-electron chi connectivity index (χ4n) is 2.06. The van der Waals surface area contributed by atoms with E-state index in [9.17, 15) is 0 Å². The fraction of sp³-hybridized carbons (Fsp3) is 1.00. The molecule has 0 amide bonds. The Morgan fingerprint density at radius 3 is 2.70 bits per heavy atom. The van der Waals surface area contributed by atoms with Crippen LogP contribution in [0.4, 0.5) is 0 Å². The lowest BCUT2D eigenvalue weighted by atomic mass is 11.8. The van der Waals surface area contributed by atoms with E-state index in [2.05, 4.69) is 13.1 Å². The average Bonchev–Trinajstić information content (AvgIpc) is 1.96. The molecule has 0 bridgehead atoms. The van der Waals surface area contributed by atoms with E-state index in [1.807, 2.05) is 0 Å². The Labute approximate surface area is 78.8 Å². The van der Waals surface area contributed by atoms with Gasteiger partial charge < -0.3 is 0 Å². The molecular formula is C3H20Si7. The van der Waals surface area contributed by atoms with Gasteiger partial charge in [0.05, 0.1) is 0 Å². The third-order valence-corrected chi connectivity index (χ3v) is 103. The summed E-state index contributed by atoms with van der Waals surface area (Å²) in [7, 11) is 4.97. The number of hydrogen-bond donors (Lipinski definition) is 0. The highest BCUT2D eigenvalue weighted by atomic mass is 29.9. The quantitative estimate of drug-likeness (QED) is 0.381. The summed E-state index contributed by atoms with van der Waals surface area (Å²) in [6.07, 6.45) is 0. The standard InChI is InChI=1S/C3H20Si7/c1-9-6-3(4)5-7-8-10(9)2/h3,9-10H,5-8H2,1-2,4H3. The van der Waals surface area contributed by atoms with Gasteiger partial charge in [0.25, 0.3) is 0 Å². The van der Waals surface area contributed by atoms with Crippen LogP contribution in [-0.4, -0.2) is 61.1 Å². The van der Waals surface area contributed by atoms with Gasteiger partial charge in [-0.15, -0.1) is 0 Å². The Morgan fingerprint density at radius 1 is 1.30 bits per heavy atom. The fourth-order valence-corrected chi connectivity index (χ4v) is 176. The first-order valence-corrected chi connectivity index (χ1v) is 27.0. The Balaban J connectivity index is 2.41. The van der Waals surface area contributed by atoms with Crippen LogP contribution in [0.15, 0.2) is 0 Å². The van der Waals surface area contributed by atoms with Crippen molar-refractivity contribution in [2.24, 2.45) is 0 Å². The highest BCUT2D eigenvalue weighted by molar-refractivity contribution is 7.71. The minimum atomic E-state index is 0.152. The van der Waals surface area contributed by atoms with Crippen molar-refractivity contribution in [3.05, 3.63) is 0 Å². The minimum absolute atomic E-state index is 0.152. The van der Waals surface area contributed by atoms with Gasteiger partial charge in [-0.1, -0.05) is 17.9 Å². The molecule has 1 aliphatic rings. The van der Waals surface area contributed by atoms with Crippen molar-refractivity contribution >= 4 is 61.1 Å². The van der Waals surface area contributed by atoms with Crippen molar-refractivity contribution < 1.29 is 0 Å². The molecule has 0 radical (unpaired) electrons. The van der Waals surface area contributed by atoms with Gasteiger partial charge in [-0.05, 0) is 27.4 Å². The molecule has 1 heterocycles. The predicted molar refractivity (Wildman–Crippen MR) is 73.9 cm³/mol. The van der Waals surface area contributed by atoms with Crippen LogP contribution in [0.2, 0.25) is 17.9 Å². The first-order chi connectivity index (χ1) is 4.70. The summed E-state index contributed by atoms with van der Waals surface area (Å²) in [6.45, 7) is 5.55. The smallest absolute Gasteiger partial charge is 0.00963 e. The molecule has 1 rings (SSSR count). The predicted octanol–water partition coefficient (Wildman–Crippen LogP) is -4.64. The molecule has 0 aromatic carbocycles. The van der Waals surface area contributed by atoms with E-state index in [4.69, 9.17) is 0 Å². The van der Waals surface area contributed by atoms with Gasteiger partial charge in [-0.3, -0.25) is 0 Å². The third kappa shape index (κ3) is 2.87.